The minimum absolute atomic E-state index is 0.104. The predicted molar refractivity (Wildman–Crippen MR) is 84.6 cm³/mol. The van der Waals surface area contributed by atoms with E-state index in [-0.39, 0.29) is 18.2 Å². The van der Waals surface area contributed by atoms with Crippen molar-refractivity contribution in [2.75, 3.05) is 6.54 Å². The quantitative estimate of drug-likeness (QED) is 0.802. The van der Waals surface area contributed by atoms with E-state index in [0.717, 1.165) is 36.1 Å². The summed E-state index contributed by atoms with van der Waals surface area (Å²) in [6.07, 6.45) is 1.65. The van der Waals surface area contributed by atoms with E-state index < -0.39 is 0 Å². The number of benzene rings is 2. The Balaban J connectivity index is 1.84. The largest absolute Gasteiger partial charge is 0.346 e. The molecule has 4 rings (SSSR count). The van der Waals surface area contributed by atoms with Gasteiger partial charge < -0.3 is 9.64 Å². The molecule has 0 spiro atoms. The molecule has 2 aliphatic rings. The maximum atomic E-state index is 12.8. The molecule has 0 saturated carbocycles. The van der Waals surface area contributed by atoms with Crippen molar-refractivity contribution in [1.29, 1.82) is 0 Å². The smallest absolute Gasteiger partial charge is 0.256 e. The number of rotatable bonds is 1. The van der Waals surface area contributed by atoms with Crippen molar-refractivity contribution < 1.29 is 9.53 Å². The van der Waals surface area contributed by atoms with Gasteiger partial charge >= 0.3 is 0 Å². The van der Waals surface area contributed by atoms with Gasteiger partial charge in [0.1, 0.15) is 12.3 Å². The zero-order valence-electron chi connectivity index (χ0n) is 12.7. The van der Waals surface area contributed by atoms with E-state index >= 15 is 0 Å². The van der Waals surface area contributed by atoms with Gasteiger partial charge in [0, 0.05) is 12.1 Å². The first kappa shape index (κ1) is 13.5. The second-order valence-electron chi connectivity index (χ2n) is 6.11. The molecule has 0 unspecified atom stereocenters. The Kier molecular flexibility index (Phi) is 3.23. The lowest BCUT2D eigenvalue weighted by molar-refractivity contribution is -0.0492. The van der Waals surface area contributed by atoms with Crippen LogP contribution in [0.5, 0.6) is 0 Å². The van der Waals surface area contributed by atoms with Gasteiger partial charge in [0.15, 0.2) is 0 Å². The minimum atomic E-state index is -0.172. The molecule has 0 bridgehead atoms. The molecule has 3 nitrogen and oxygen atoms in total. The highest BCUT2D eigenvalue weighted by atomic mass is 16.5. The van der Waals surface area contributed by atoms with Gasteiger partial charge in [-0.05, 0) is 37.0 Å². The molecule has 2 aromatic carbocycles. The maximum Gasteiger partial charge on any atom is 0.256 e. The second kappa shape index (κ2) is 5.25. The van der Waals surface area contributed by atoms with Crippen LogP contribution in [0.25, 0.3) is 0 Å². The number of ether oxygens (including phenoxy) is 1. The van der Waals surface area contributed by atoms with E-state index in [9.17, 15) is 4.79 Å². The van der Waals surface area contributed by atoms with Gasteiger partial charge in [0.25, 0.3) is 5.91 Å². The first-order chi connectivity index (χ1) is 10.7. The summed E-state index contributed by atoms with van der Waals surface area (Å²) in [5.41, 5.74) is 4.09. The summed E-state index contributed by atoms with van der Waals surface area (Å²) >= 11 is 0. The van der Waals surface area contributed by atoms with Gasteiger partial charge in [0.05, 0.1) is 0 Å². The number of carbonyl (C=O) groups is 1. The second-order valence-corrected chi connectivity index (χ2v) is 6.11. The van der Waals surface area contributed by atoms with Crippen molar-refractivity contribution in [2.24, 2.45) is 0 Å². The molecule has 2 heterocycles. The van der Waals surface area contributed by atoms with Crippen molar-refractivity contribution in [3.8, 4) is 0 Å². The van der Waals surface area contributed by atoms with Gasteiger partial charge in [-0.25, -0.2) is 0 Å². The lowest BCUT2D eigenvalue weighted by atomic mass is 9.96. The summed E-state index contributed by atoms with van der Waals surface area (Å²) in [6.45, 7) is 2.87. The van der Waals surface area contributed by atoms with Crippen LogP contribution in [0.3, 0.4) is 0 Å². The van der Waals surface area contributed by atoms with Crippen LogP contribution in [0.2, 0.25) is 0 Å². The molecule has 22 heavy (non-hydrogen) atoms. The molecule has 3 heteroatoms. The SMILES string of the molecule is Cc1ccc([C@H]2O[C@@H]3CCCN3C(=O)c3ccccc32)cc1. The van der Waals surface area contributed by atoms with Crippen LogP contribution in [0, 0.1) is 6.92 Å². The fourth-order valence-corrected chi connectivity index (χ4v) is 3.41. The monoisotopic (exact) mass is 293 g/mol. The fraction of sp³-hybridized carbons (Fsp3) is 0.316. The Morgan fingerprint density at radius 3 is 2.68 bits per heavy atom. The number of amides is 1. The first-order valence-electron chi connectivity index (χ1n) is 7.86. The molecule has 0 aliphatic carbocycles. The Labute approximate surface area is 130 Å². The zero-order valence-corrected chi connectivity index (χ0v) is 12.7. The van der Waals surface area contributed by atoms with Crippen LogP contribution < -0.4 is 0 Å². The molecular formula is C19H19NO2. The van der Waals surface area contributed by atoms with Crippen LogP contribution in [0.15, 0.2) is 48.5 Å². The zero-order chi connectivity index (χ0) is 15.1. The van der Waals surface area contributed by atoms with Crippen LogP contribution >= 0.6 is 0 Å². The lowest BCUT2D eigenvalue weighted by Gasteiger charge is -2.25. The van der Waals surface area contributed by atoms with E-state index in [1.54, 1.807) is 0 Å². The van der Waals surface area contributed by atoms with E-state index in [2.05, 4.69) is 31.2 Å². The molecule has 0 aromatic heterocycles. The number of hydrogen-bond donors (Lipinski definition) is 0. The number of nitrogens with zero attached hydrogens (tertiary/aromatic N) is 1. The average Bonchev–Trinajstić information content (AvgIpc) is 2.97. The molecule has 1 saturated heterocycles. The Hall–Kier alpha value is -2.13. The summed E-state index contributed by atoms with van der Waals surface area (Å²) in [5, 5.41) is 0. The van der Waals surface area contributed by atoms with Crippen LogP contribution in [0.1, 0.15) is 46.0 Å². The van der Waals surface area contributed by atoms with Crippen molar-refractivity contribution >= 4 is 5.91 Å². The molecule has 1 fully saturated rings. The predicted octanol–water partition coefficient (Wildman–Crippen LogP) is 3.68. The lowest BCUT2D eigenvalue weighted by Crippen LogP contribution is -2.35. The molecule has 0 radical (unpaired) electrons. The van der Waals surface area contributed by atoms with Crippen molar-refractivity contribution in [2.45, 2.75) is 32.1 Å². The highest BCUT2D eigenvalue weighted by Crippen LogP contribution is 2.37. The standard InChI is InChI=1S/C19H19NO2/c1-13-8-10-14(11-9-13)18-15-5-2-3-6-16(15)19(21)20-12-4-7-17(20)22-18/h2-3,5-6,8-11,17-18H,4,7,12H2,1H3/t17-,18-/m1/s1. The van der Waals surface area contributed by atoms with Crippen molar-refractivity contribution in [3.63, 3.8) is 0 Å². The van der Waals surface area contributed by atoms with Crippen LogP contribution in [-0.2, 0) is 4.74 Å². The van der Waals surface area contributed by atoms with Gasteiger partial charge in [-0.15, -0.1) is 0 Å². The van der Waals surface area contributed by atoms with Crippen molar-refractivity contribution in [3.05, 3.63) is 70.8 Å². The van der Waals surface area contributed by atoms with E-state index in [0.29, 0.717) is 0 Å². The number of hydrogen-bond acceptors (Lipinski definition) is 2. The summed E-state index contributed by atoms with van der Waals surface area (Å²) in [7, 11) is 0. The van der Waals surface area contributed by atoms with E-state index in [1.807, 2.05) is 29.2 Å². The third-order valence-electron chi connectivity index (χ3n) is 4.61. The average molecular weight is 293 g/mol. The summed E-state index contributed by atoms with van der Waals surface area (Å²) in [6, 6.07) is 16.2. The van der Waals surface area contributed by atoms with Gasteiger partial charge in [-0.2, -0.15) is 0 Å². The minimum Gasteiger partial charge on any atom is -0.346 e. The molecule has 0 N–H and O–H groups in total. The third kappa shape index (κ3) is 2.13. The first-order valence-corrected chi connectivity index (χ1v) is 7.86. The number of aryl methyl sites for hydroxylation is 1. The van der Waals surface area contributed by atoms with Gasteiger partial charge in [-0.3, -0.25) is 4.79 Å². The Morgan fingerprint density at radius 2 is 1.86 bits per heavy atom. The number of fused-ring (bicyclic) bond motifs is 2. The highest BCUT2D eigenvalue weighted by Gasteiger charge is 2.38. The molecule has 2 aliphatic heterocycles. The fourth-order valence-electron chi connectivity index (χ4n) is 3.41. The third-order valence-corrected chi connectivity index (χ3v) is 4.61. The molecule has 2 atom stereocenters. The van der Waals surface area contributed by atoms with E-state index in [4.69, 9.17) is 4.74 Å². The topological polar surface area (TPSA) is 29.5 Å². The molecule has 112 valence electrons. The normalized spacial score (nSPS) is 23.9. The summed E-state index contributed by atoms with van der Waals surface area (Å²) in [4.78, 5) is 14.7. The molecule has 2 aromatic rings. The Bertz CT molecular complexity index is 708. The van der Waals surface area contributed by atoms with Gasteiger partial charge in [0.2, 0.25) is 0 Å². The van der Waals surface area contributed by atoms with Crippen molar-refractivity contribution in [1.82, 2.24) is 4.90 Å². The van der Waals surface area contributed by atoms with E-state index in [1.165, 1.54) is 5.56 Å². The Morgan fingerprint density at radius 1 is 1.09 bits per heavy atom. The van der Waals surface area contributed by atoms with Gasteiger partial charge in [-0.1, -0.05) is 48.0 Å². The molecule has 1 amide bonds. The maximum absolute atomic E-state index is 12.8. The molecular weight excluding hydrogens is 274 g/mol. The summed E-state index contributed by atoms with van der Waals surface area (Å²) in [5.74, 6) is 0.104. The summed E-state index contributed by atoms with van der Waals surface area (Å²) < 4.78 is 6.36. The van der Waals surface area contributed by atoms with Crippen LogP contribution in [0.4, 0.5) is 0 Å². The number of carbonyl (C=O) groups excluding carboxylic acids is 1. The highest BCUT2D eigenvalue weighted by molar-refractivity contribution is 5.96. The van der Waals surface area contributed by atoms with Crippen LogP contribution in [-0.4, -0.2) is 23.6 Å².